The van der Waals surface area contributed by atoms with Crippen LogP contribution in [0, 0.1) is 0 Å². The number of carbonyl (C=O) groups excluding carboxylic acids is 1. The van der Waals surface area contributed by atoms with Gasteiger partial charge in [-0.25, -0.2) is 0 Å². The predicted octanol–water partition coefficient (Wildman–Crippen LogP) is 5.03. The summed E-state index contributed by atoms with van der Waals surface area (Å²) >= 11 is 12.0. The Morgan fingerprint density at radius 1 is 1.08 bits per heavy atom. The van der Waals surface area contributed by atoms with Crippen molar-refractivity contribution in [3.8, 4) is 0 Å². The highest BCUT2D eigenvalue weighted by Crippen LogP contribution is 2.26. The van der Waals surface area contributed by atoms with Crippen LogP contribution < -0.4 is 15.5 Å². The van der Waals surface area contributed by atoms with E-state index in [1.54, 1.807) is 18.2 Å². The van der Waals surface area contributed by atoms with Gasteiger partial charge < -0.3 is 15.5 Å². The molecule has 1 heterocycles. The van der Waals surface area contributed by atoms with E-state index in [-0.39, 0.29) is 5.91 Å². The molecule has 0 unspecified atom stereocenters. The molecule has 1 fully saturated rings. The molecule has 3 rings (SSSR count). The van der Waals surface area contributed by atoms with Gasteiger partial charge in [0.05, 0.1) is 10.7 Å². The van der Waals surface area contributed by atoms with Crippen LogP contribution in [0.2, 0.25) is 10.0 Å². The Morgan fingerprint density at radius 3 is 2.44 bits per heavy atom. The van der Waals surface area contributed by atoms with Crippen molar-refractivity contribution in [1.82, 2.24) is 0 Å². The van der Waals surface area contributed by atoms with E-state index in [1.807, 2.05) is 19.1 Å². The summed E-state index contributed by atoms with van der Waals surface area (Å²) < 4.78 is 0. The second-order valence-corrected chi connectivity index (χ2v) is 7.06. The average Bonchev–Trinajstić information content (AvgIpc) is 3.13. The molecule has 0 bridgehead atoms. The molecule has 4 nitrogen and oxygen atoms in total. The summed E-state index contributed by atoms with van der Waals surface area (Å²) in [5, 5.41) is 6.99. The number of nitrogens with one attached hydrogen (secondary N) is 2. The van der Waals surface area contributed by atoms with Crippen LogP contribution >= 0.6 is 23.2 Å². The molecule has 0 saturated carbocycles. The van der Waals surface area contributed by atoms with Crippen molar-refractivity contribution < 1.29 is 4.79 Å². The second kappa shape index (κ2) is 7.98. The first-order valence-corrected chi connectivity index (χ1v) is 9.16. The lowest BCUT2D eigenvalue weighted by atomic mass is 10.2. The first-order valence-electron chi connectivity index (χ1n) is 8.40. The van der Waals surface area contributed by atoms with E-state index in [9.17, 15) is 4.79 Å². The average molecular weight is 378 g/mol. The van der Waals surface area contributed by atoms with E-state index in [2.05, 4.69) is 27.7 Å². The number of carbonyl (C=O) groups is 1. The van der Waals surface area contributed by atoms with Crippen LogP contribution in [-0.4, -0.2) is 25.0 Å². The topological polar surface area (TPSA) is 44.4 Å². The lowest BCUT2D eigenvalue weighted by molar-refractivity contribution is -0.116. The Labute approximate surface area is 158 Å². The number of hydrogen-bond donors (Lipinski definition) is 2. The van der Waals surface area contributed by atoms with E-state index in [4.69, 9.17) is 23.2 Å². The summed E-state index contributed by atoms with van der Waals surface area (Å²) in [6.45, 7) is 4.04. The molecule has 1 aliphatic heterocycles. The monoisotopic (exact) mass is 377 g/mol. The number of amides is 1. The molecule has 1 atom stereocenters. The third-order valence-electron chi connectivity index (χ3n) is 4.30. The SMILES string of the molecule is C[C@H](Nc1ccc(N2CCCC2)cc1)C(=O)Nc1cc(Cl)ccc1Cl. The minimum absolute atomic E-state index is 0.173. The summed E-state index contributed by atoms with van der Waals surface area (Å²) in [6, 6.07) is 12.8. The summed E-state index contributed by atoms with van der Waals surface area (Å²) in [4.78, 5) is 14.7. The molecule has 2 N–H and O–H groups in total. The number of anilines is 3. The molecule has 0 aliphatic carbocycles. The zero-order valence-corrected chi connectivity index (χ0v) is 15.6. The summed E-state index contributed by atoms with van der Waals surface area (Å²) in [5.74, 6) is -0.173. The van der Waals surface area contributed by atoms with Crippen molar-refractivity contribution in [2.24, 2.45) is 0 Å². The summed E-state index contributed by atoms with van der Waals surface area (Å²) in [5.41, 5.74) is 2.64. The van der Waals surface area contributed by atoms with Crippen LogP contribution in [0.15, 0.2) is 42.5 Å². The zero-order valence-electron chi connectivity index (χ0n) is 14.1. The number of benzene rings is 2. The molecule has 132 valence electrons. The van der Waals surface area contributed by atoms with Gasteiger partial charge in [-0.05, 0) is 62.2 Å². The van der Waals surface area contributed by atoms with Crippen LogP contribution in [0.5, 0.6) is 0 Å². The third-order valence-corrected chi connectivity index (χ3v) is 4.87. The molecule has 6 heteroatoms. The first kappa shape index (κ1) is 17.9. The molecular formula is C19H21Cl2N3O. The Kier molecular flexibility index (Phi) is 5.71. The van der Waals surface area contributed by atoms with Gasteiger partial charge in [-0.1, -0.05) is 23.2 Å². The largest absolute Gasteiger partial charge is 0.374 e. The lowest BCUT2D eigenvalue weighted by Gasteiger charge is -2.19. The maximum atomic E-state index is 12.4. The van der Waals surface area contributed by atoms with Gasteiger partial charge in [0, 0.05) is 29.5 Å². The van der Waals surface area contributed by atoms with Gasteiger partial charge in [-0.2, -0.15) is 0 Å². The standard InChI is InChI=1S/C19H21Cl2N3O/c1-13(19(25)23-18-12-14(20)4-9-17(18)21)22-15-5-7-16(8-6-15)24-10-2-3-11-24/h4-9,12-13,22H,2-3,10-11H2,1H3,(H,23,25)/t13-/m0/s1. The minimum atomic E-state index is -0.410. The number of nitrogens with zero attached hydrogens (tertiary/aromatic N) is 1. The molecule has 0 spiro atoms. The van der Waals surface area contributed by atoms with Crippen molar-refractivity contribution in [2.45, 2.75) is 25.8 Å². The highest BCUT2D eigenvalue weighted by molar-refractivity contribution is 6.35. The first-order chi connectivity index (χ1) is 12.0. The normalized spacial score (nSPS) is 15.1. The maximum absolute atomic E-state index is 12.4. The van der Waals surface area contributed by atoms with E-state index in [0.29, 0.717) is 15.7 Å². The van der Waals surface area contributed by atoms with Crippen LogP contribution in [0.3, 0.4) is 0 Å². The highest BCUT2D eigenvalue weighted by atomic mass is 35.5. The molecule has 25 heavy (non-hydrogen) atoms. The van der Waals surface area contributed by atoms with Crippen LogP contribution in [0.25, 0.3) is 0 Å². The predicted molar refractivity (Wildman–Crippen MR) is 106 cm³/mol. The van der Waals surface area contributed by atoms with Gasteiger partial charge in [0.2, 0.25) is 5.91 Å². The third kappa shape index (κ3) is 4.59. The molecular weight excluding hydrogens is 357 g/mol. The maximum Gasteiger partial charge on any atom is 0.246 e. The molecule has 1 amide bonds. The Bertz CT molecular complexity index is 743. The molecule has 2 aromatic rings. The highest BCUT2D eigenvalue weighted by Gasteiger charge is 2.15. The molecule has 1 saturated heterocycles. The van der Waals surface area contributed by atoms with Gasteiger partial charge >= 0.3 is 0 Å². The fourth-order valence-electron chi connectivity index (χ4n) is 2.89. The van der Waals surface area contributed by atoms with E-state index >= 15 is 0 Å². The molecule has 0 aromatic heterocycles. The van der Waals surface area contributed by atoms with Gasteiger partial charge in [0.25, 0.3) is 0 Å². The zero-order chi connectivity index (χ0) is 17.8. The van der Waals surface area contributed by atoms with E-state index in [1.165, 1.54) is 18.5 Å². The fourth-order valence-corrected chi connectivity index (χ4v) is 3.23. The fraction of sp³-hybridized carbons (Fsp3) is 0.316. The van der Waals surface area contributed by atoms with Crippen molar-refractivity contribution in [3.63, 3.8) is 0 Å². The van der Waals surface area contributed by atoms with E-state index < -0.39 is 6.04 Å². The Hall–Kier alpha value is -1.91. The Morgan fingerprint density at radius 2 is 1.76 bits per heavy atom. The van der Waals surface area contributed by atoms with Crippen LogP contribution in [0.4, 0.5) is 17.1 Å². The van der Waals surface area contributed by atoms with Crippen LogP contribution in [-0.2, 0) is 4.79 Å². The minimum Gasteiger partial charge on any atom is -0.374 e. The van der Waals surface area contributed by atoms with Crippen molar-refractivity contribution in [3.05, 3.63) is 52.5 Å². The van der Waals surface area contributed by atoms with Gasteiger partial charge in [0.1, 0.15) is 6.04 Å². The van der Waals surface area contributed by atoms with Gasteiger partial charge in [0.15, 0.2) is 0 Å². The van der Waals surface area contributed by atoms with Crippen LogP contribution in [0.1, 0.15) is 19.8 Å². The van der Waals surface area contributed by atoms with Crippen molar-refractivity contribution >= 4 is 46.2 Å². The second-order valence-electron chi connectivity index (χ2n) is 6.22. The molecule has 0 radical (unpaired) electrons. The molecule has 2 aromatic carbocycles. The Balaban J connectivity index is 1.60. The van der Waals surface area contributed by atoms with Gasteiger partial charge in [-0.15, -0.1) is 0 Å². The lowest BCUT2D eigenvalue weighted by Crippen LogP contribution is -2.32. The quantitative estimate of drug-likeness (QED) is 0.767. The number of rotatable bonds is 5. The summed E-state index contributed by atoms with van der Waals surface area (Å²) in [7, 11) is 0. The molecule has 1 aliphatic rings. The van der Waals surface area contributed by atoms with E-state index in [0.717, 1.165) is 18.8 Å². The number of halogens is 2. The van der Waals surface area contributed by atoms with Crippen molar-refractivity contribution in [1.29, 1.82) is 0 Å². The smallest absolute Gasteiger partial charge is 0.246 e. The van der Waals surface area contributed by atoms with Gasteiger partial charge in [-0.3, -0.25) is 4.79 Å². The number of hydrogen-bond acceptors (Lipinski definition) is 3. The summed E-state index contributed by atoms with van der Waals surface area (Å²) in [6.07, 6.45) is 2.51. The van der Waals surface area contributed by atoms with Crippen molar-refractivity contribution in [2.75, 3.05) is 28.6 Å².